The van der Waals surface area contributed by atoms with Gasteiger partial charge in [0.1, 0.15) is 5.69 Å². The van der Waals surface area contributed by atoms with Crippen LogP contribution >= 0.6 is 0 Å². The van der Waals surface area contributed by atoms with Gasteiger partial charge >= 0.3 is 0 Å². The molecule has 1 heterocycles. The van der Waals surface area contributed by atoms with E-state index >= 15 is 0 Å². The molecule has 0 radical (unpaired) electrons. The number of aryl methyl sites for hydroxylation is 1. The topological polar surface area (TPSA) is 72.9 Å². The first kappa shape index (κ1) is 12.9. The van der Waals surface area contributed by atoms with Crippen molar-refractivity contribution in [1.82, 2.24) is 15.1 Å². The van der Waals surface area contributed by atoms with Crippen molar-refractivity contribution < 1.29 is 4.79 Å². The standard InChI is InChI=1S/C13H22N4O/c1-13(2)6-4-9(5-7-13)16-12(18)11-10(14)8-15-17(11)3/h8-9H,4-7,14H2,1-3H3,(H,16,18). The molecule has 1 fully saturated rings. The third-order valence-electron chi connectivity index (χ3n) is 3.86. The van der Waals surface area contributed by atoms with Crippen molar-refractivity contribution in [1.29, 1.82) is 0 Å². The molecule has 18 heavy (non-hydrogen) atoms. The Balaban J connectivity index is 1.97. The van der Waals surface area contributed by atoms with Gasteiger partial charge < -0.3 is 11.1 Å². The number of rotatable bonds is 2. The van der Waals surface area contributed by atoms with Crippen LogP contribution in [0.25, 0.3) is 0 Å². The lowest BCUT2D eigenvalue weighted by Gasteiger charge is -2.34. The van der Waals surface area contributed by atoms with Crippen LogP contribution in [-0.2, 0) is 7.05 Å². The van der Waals surface area contributed by atoms with Crippen LogP contribution in [0.15, 0.2) is 6.20 Å². The molecule has 5 heteroatoms. The van der Waals surface area contributed by atoms with Gasteiger partial charge in [-0.1, -0.05) is 13.8 Å². The quantitative estimate of drug-likeness (QED) is 0.839. The van der Waals surface area contributed by atoms with Crippen molar-refractivity contribution in [3.05, 3.63) is 11.9 Å². The van der Waals surface area contributed by atoms with Gasteiger partial charge in [-0.2, -0.15) is 5.10 Å². The van der Waals surface area contributed by atoms with Crippen molar-refractivity contribution >= 4 is 11.6 Å². The Morgan fingerprint density at radius 3 is 2.61 bits per heavy atom. The largest absolute Gasteiger partial charge is 0.396 e. The molecule has 0 saturated heterocycles. The minimum Gasteiger partial charge on any atom is -0.396 e. The monoisotopic (exact) mass is 250 g/mol. The number of nitrogen functional groups attached to an aromatic ring is 1. The number of hydrogen-bond acceptors (Lipinski definition) is 3. The maximum atomic E-state index is 12.1. The number of carbonyl (C=O) groups excluding carboxylic acids is 1. The van der Waals surface area contributed by atoms with E-state index in [4.69, 9.17) is 5.73 Å². The van der Waals surface area contributed by atoms with E-state index in [1.165, 1.54) is 10.9 Å². The molecule has 1 aliphatic carbocycles. The number of anilines is 1. The molecule has 1 aromatic heterocycles. The highest BCUT2D eigenvalue weighted by Crippen LogP contribution is 2.35. The van der Waals surface area contributed by atoms with E-state index in [0.29, 0.717) is 16.8 Å². The van der Waals surface area contributed by atoms with Crippen LogP contribution in [-0.4, -0.2) is 21.7 Å². The highest BCUT2D eigenvalue weighted by atomic mass is 16.2. The van der Waals surface area contributed by atoms with Gasteiger partial charge in [-0.15, -0.1) is 0 Å². The van der Waals surface area contributed by atoms with Gasteiger partial charge in [-0.25, -0.2) is 0 Å². The fourth-order valence-corrected chi connectivity index (χ4v) is 2.53. The minimum atomic E-state index is -0.114. The number of nitrogens with two attached hydrogens (primary N) is 1. The maximum Gasteiger partial charge on any atom is 0.271 e. The number of hydrogen-bond donors (Lipinski definition) is 2. The van der Waals surface area contributed by atoms with Crippen molar-refractivity contribution in [2.75, 3.05) is 5.73 Å². The van der Waals surface area contributed by atoms with Gasteiger partial charge in [0.15, 0.2) is 0 Å². The number of aromatic nitrogens is 2. The van der Waals surface area contributed by atoms with Crippen molar-refractivity contribution in [3.8, 4) is 0 Å². The Morgan fingerprint density at radius 1 is 1.50 bits per heavy atom. The summed E-state index contributed by atoms with van der Waals surface area (Å²) in [6.45, 7) is 4.56. The lowest BCUT2D eigenvalue weighted by Crippen LogP contribution is -2.40. The van der Waals surface area contributed by atoms with Crippen LogP contribution in [0.5, 0.6) is 0 Å². The second-order valence-corrected chi connectivity index (χ2v) is 5.98. The third-order valence-corrected chi connectivity index (χ3v) is 3.86. The molecule has 0 aromatic carbocycles. The van der Waals surface area contributed by atoms with E-state index in [9.17, 15) is 4.79 Å². The smallest absolute Gasteiger partial charge is 0.271 e. The first-order chi connectivity index (χ1) is 8.39. The maximum absolute atomic E-state index is 12.1. The summed E-state index contributed by atoms with van der Waals surface area (Å²) in [7, 11) is 1.73. The van der Waals surface area contributed by atoms with Crippen LogP contribution in [0.2, 0.25) is 0 Å². The Hall–Kier alpha value is -1.52. The second-order valence-electron chi connectivity index (χ2n) is 5.98. The Bertz CT molecular complexity index is 420. The van der Waals surface area contributed by atoms with E-state index in [-0.39, 0.29) is 11.9 Å². The fourth-order valence-electron chi connectivity index (χ4n) is 2.53. The SMILES string of the molecule is Cn1ncc(N)c1C(=O)NC1CCC(C)(C)CC1. The van der Waals surface area contributed by atoms with Crippen LogP contribution in [0.4, 0.5) is 5.69 Å². The summed E-state index contributed by atoms with van der Waals surface area (Å²) < 4.78 is 1.53. The predicted molar refractivity (Wildman–Crippen MR) is 71.1 cm³/mol. The molecular formula is C13H22N4O. The molecule has 100 valence electrons. The molecule has 0 bridgehead atoms. The Morgan fingerprint density at radius 2 is 2.11 bits per heavy atom. The van der Waals surface area contributed by atoms with Gasteiger partial charge in [0.05, 0.1) is 11.9 Å². The van der Waals surface area contributed by atoms with Crippen LogP contribution in [0, 0.1) is 5.41 Å². The summed E-state index contributed by atoms with van der Waals surface area (Å²) in [6.07, 6.45) is 5.89. The van der Waals surface area contributed by atoms with Gasteiger partial charge in [-0.05, 0) is 31.1 Å². The van der Waals surface area contributed by atoms with E-state index in [0.717, 1.165) is 25.7 Å². The van der Waals surface area contributed by atoms with E-state index < -0.39 is 0 Å². The molecular weight excluding hydrogens is 228 g/mol. The van der Waals surface area contributed by atoms with E-state index in [1.54, 1.807) is 7.05 Å². The summed E-state index contributed by atoms with van der Waals surface area (Å²) in [5.41, 5.74) is 7.05. The Labute approximate surface area is 108 Å². The molecule has 1 amide bonds. The molecule has 0 spiro atoms. The van der Waals surface area contributed by atoms with E-state index in [2.05, 4.69) is 24.3 Å². The average molecular weight is 250 g/mol. The molecule has 1 saturated carbocycles. The first-order valence-electron chi connectivity index (χ1n) is 6.47. The molecule has 2 rings (SSSR count). The fraction of sp³-hybridized carbons (Fsp3) is 0.692. The summed E-state index contributed by atoms with van der Waals surface area (Å²) in [4.78, 5) is 12.1. The van der Waals surface area contributed by atoms with Crippen molar-refractivity contribution in [2.24, 2.45) is 12.5 Å². The normalized spacial score (nSPS) is 19.7. The molecule has 1 aromatic rings. The molecule has 1 aliphatic rings. The average Bonchev–Trinajstić information content (AvgIpc) is 2.62. The lowest BCUT2D eigenvalue weighted by molar-refractivity contribution is 0.0900. The minimum absolute atomic E-state index is 0.114. The first-order valence-corrected chi connectivity index (χ1v) is 6.47. The second kappa shape index (κ2) is 4.63. The molecule has 0 unspecified atom stereocenters. The lowest BCUT2D eigenvalue weighted by atomic mass is 9.75. The van der Waals surface area contributed by atoms with Crippen LogP contribution < -0.4 is 11.1 Å². The number of nitrogens with one attached hydrogen (secondary N) is 1. The third kappa shape index (κ3) is 2.66. The highest BCUT2D eigenvalue weighted by Gasteiger charge is 2.28. The van der Waals surface area contributed by atoms with Crippen LogP contribution in [0.1, 0.15) is 50.0 Å². The Kier molecular flexibility index (Phi) is 3.32. The molecule has 0 aliphatic heterocycles. The highest BCUT2D eigenvalue weighted by molar-refractivity contribution is 5.97. The summed E-state index contributed by atoms with van der Waals surface area (Å²) in [6, 6.07) is 0.264. The number of carbonyl (C=O) groups is 1. The molecule has 3 N–H and O–H groups in total. The van der Waals surface area contributed by atoms with E-state index in [1.807, 2.05) is 0 Å². The van der Waals surface area contributed by atoms with Gasteiger partial charge in [-0.3, -0.25) is 9.48 Å². The number of nitrogens with zero attached hydrogens (tertiary/aromatic N) is 2. The van der Waals surface area contributed by atoms with Gasteiger partial charge in [0.2, 0.25) is 0 Å². The molecule has 5 nitrogen and oxygen atoms in total. The summed E-state index contributed by atoms with van der Waals surface area (Å²) in [5, 5.41) is 7.05. The zero-order valence-corrected chi connectivity index (χ0v) is 11.4. The van der Waals surface area contributed by atoms with Gasteiger partial charge in [0, 0.05) is 13.1 Å². The zero-order chi connectivity index (χ0) is 13.3. The van der Waals surface area contributed by atoms with Crippen LogP contribution in [0.3, 0.4) is 0 Å². The molecule has 0 atom stereocenters. The van der Waals surface area contributed by atoms with Crippen molar-refractivity contribution in [2.45, 2.75) is 45.6 Å². The number of amides is 1. The zero-order valence-electron chi connectivity index (χ0n) is 11.4. The predicted octanol–water partition coefficient (Wildman–Crippen LogP) is 1.70. The van der Waals surface area contributed by atoms with Crippen molar-refractivity contribution in [3.63, 3.8) is 0 Å². The summed E-state index contributed by atoms with van der Waals surface area (Å²) in [5.74, 6) is -0.114. The van der Waals surface area contributed by atoms with Gasteiger partial charge in [0.25, 0.3) is 5.91 Å². The summed E-state index contributed by atoms with van der Waals surface area (Å²) >= 11 is 0.